The highest BCUT2D eigenvalue weighted by molar-refractivity contribution is 6.03. The molecule has 0 saturated heterocycles. The zero-order valence-electron chi connectivity index (χ0n) is 8.53. The smallest absolute Gasteiger partial charge is 0.185 e. The summed E-state index contributed by atoms with van der Waals surface area (Å²) in [5.74, 6) is -0.734. The highest BCUT2D eigenvalue weighted by Gasteiger charge is 2.44. The molecule has 0 aliphatic heterocycles. The number of aromatic nitrogens is 1. The van der Waals surface area contributed by atoms with E-state index in [1.807, 2.05) is 0 Å². The normalized spacial score (nSPS) is 19.7. The number of halogens is 1. The molecule has 4 heteroatoms. The van der Waals surface area contributed by atoms with Gasteiger partial charge in [0.2, 0.25) is 0 Å². The molecule has 0 spiro atoms. The summed E-state index contributed by atoms with van der Waals surface area (Å²) in [6.07, 6.45) is 4.34. The van der Waals surface area contributed by atoms with E-state index in [0.717, 1.165) is 19.0 Å². The largest absolute Gasteiger partial charge is 0.319 e. The Labute approximate surface area is 87.5 Å². The van der Waals surface area contributed by atoms with Crippen molar-refractivity contribution in [2.75, 3.05) is 0 Å². The molecular formula is C11H13FN2O. The van der Waals surface area contributed by atoms with Crippen molar-refractivity contribution in [3.63, 3.8) is 0 Å². The molecule has 1 aromatic rings. The van der Waals surface area contributed by atoms with Crippen LogP contribution in [0.15, 0.2) is 18.5 Å². The summed E-state index contributed by atoms with van der Waals surface area (Å²) in [7, 11) is 0. The maximum atomic E-state index is 13.3. The highest BCUT2D eigenvalue weighted by atomic mass is 19.1. The molecule has 15 heavy (non-hydrogen) atoms. The van der Waals surface area contributed by atoms with E-state index in [-0.39, 0.29) is 17.3 Å². The maximum absolute atomic E-state index is 13.3. The van der Waals surface area contributed by atoms with Crippen LogP contribution < -0.4 is 5.73 Å². The predicted octanol–water partition coefficient (Wildman–Crippen LogP) is 1.53. The van der Waals surface area contributed by atoms with Gasteiger partial charge in [-0.3, -0.25) is 9.78 Å². The Morgan fingerprint density at radius 1 is 1.67 bits per heavy atom. The van der Waals surface area contributed by atoms with Crippen molar-refractivity contribution in [1.82, 2.24) is 4.98 Å². The Morgan fingerprint density at radius 2 is 2.33 bits per heavy atom. The lowest BCUT2D eigenvalue weighted by atomic mass is 9.88. The van der Waals surface area contributed by atoms with Crippen LogP contribution in [0.2, 0.25) is 0 Å². The highest BCUT2D eigenvalue weighted by Crippen LogP contribution is 2.39. The molecule has 2 rings (SSSR count). The van der Waals surface area contributed by atoms with E-state index in [9.17, 15) is 9.18 Å². The van der Waals surface area contributed by atoms with Gasteiger partial charge in [0.05, 0.1) is 17.3 Å². The summed E-state index contributed by atoms with van der Waals surface area (Å²) in [6, 6.07) is 1.38. The SMILES string of the molecule is CC(N)(C(=O)c1ccncc1F)C1CC1. The van der Waals surface area contributed by atoms with Gasteiger partial charge in [-0.05, 0) is 31.7 Å². The maximum Gasteiger partial charge on any atom is 0.185 e. The van der Waals surface area contributed by atoms with Crippen LogP contribution in [0.4, 0.5) is 4.39 Å². The summed E-state index contributed by atoms with van der Waals surface area (Å²) in [4.78, 5) is 15.6. The summed E-state index contributed by atoms with van der Waals surface area (Å²) < 4.78 is 13.3. The molecule has 80 valence electrons. The molecule has 1 fully saturated rings. The third kappa shape index (κ3) is 1.77. The van der Waals surface area contributed by atoms with Crippen LogP contribution in [0.25, 0.3) is 0 Å². The number of carbonyl (C=O) groups excluding carboxylic acids is 1. The molecule has 3 nitrogen and oxygen atoms in total. The van der Waals surface area contributed by atoms with E-state index in [2.05, 4.69) is 4.98 Å². The number of hydrogen-bond donors (Lipinski definition) is 1. The lowest BCUT2D eigenvalue weighted by Crippen LogP contribution is -2.47. The molecule has 0 radical (unpaired) electrons. The van der Waals surface area contributed by atoms with Crippen LogP contribution in [-0.2, 0) is 0 Å². The van der Waals surface area contributed by atoms with Crippen molar-refractivity contribution in [3.8, 4) is 0 Å². The number of nitrogens with two attached hydrogens (primary N) is 1. The van der Waals surface area contributed by atoms with Crippen LogP contribution in [-0.4, -0.2) is 16.3 Å². The van der Waals surface area contributed by atoms with E-state index >= 15 is 0 Å². The number of nitrogens with zero attached hydrogens (tertiary/aromatic N) is 1. The topological polar surface area (TPSA) is 56.0 Å². The molecular weight excluding hydrogens is 195 g/mol. The van der Waals surface area contributed by atoms with Crippen molar-refractivity contribution in [3.05, 3.63) is 29.8 Å². The Bertz CT molecular complexity index is 399. The molecule has 0 bridgehead atoms. The summed E-state index contributed by atoms with van der Waals surface area (Å²) >= 11 is 0. The van der Waals surface area contributed by atoms with Crippen LogP contribution in [0.3, 0.4) is 0 Å². The number of ketones is 1. The van der Waals surface area contributed by atoms with Crippen molar-refractivity contribution >= 4 is 5.78 Å². The summed E-state index contributed by atoms with van der Waals surface area (Å²) in [5.41, 5.74) is 5.03. The minimum atomic E-state index is -0.942. The first-order valence-electron chi connectivity index (χ1n) is 4.96. The van der Waals surface area contributed by atoms with Crippen molar-refractivity contribution in [2.45, 2.75) is 25.3 Å². The van der Waals surface area contributed by atoms with E-state index in [4.69, 9.17) is 5.73 Å². The quantitative estimate of drug-likeness (QED) is 0.766. The molecule has 1 atom stereocenters. The fourth-order valence-electron chi connectivity index (χ4n) is 1.72. The molecule has 1 aliphatic carbocycles. The van der Waals surface area contributed by atoms with E-state index in [1.165, 1.54) is 12.3 Å². The fourth-order valence-corrected chi connectivity index (χ4v) is 1.72. The zero-order valence-corrected chi connectivity index (χ0v) is 8.53. The Hall–Kier alpha value is -1.29. The molecule has 1 aliphatic rings. The molecule has 0 aromatic carbocycles. The van der Waals surface area contributed by atoms with Crippen LogP contribution >= 0.6 is 0 Å². The number of pyridine rings is 1. The summed E-state index contributed by atoms with van der Waals surface area (Å²) in [6.45, 7) is 1.67. The van der Waals surface area contributed by atoms with Crippen molar-refractivity contribution in [1.29, 1.82) is 0 Å². The van der Waals surface area contributed by atoms with Gasteiger partial charge in [-0.2, -0.15) is 0 Å². The lowest BCUT2D eigenvalue weighted by Gasteiger charge is -2.22. The van der Waals surface area contributed by atoms with Crippen molar-refractivity contribution in [2.24, 2.45) is 11.7 Å². The van der Waals surface area contributed by atoms with Gasteiger partial charge in [0.15, 0.2) is 11.6 Å². The monoisotopic (exact) mass is 208 g/mol. The standard InChI is InChI=1S/C11H13FN2O/c1-11(13,7-2-3-7)10(15)8-4-5-14-6-9(8)12/h4-7H,2-3,13H2,1H3. The third-order valence-electron chi connectivity index (χ3n) is 2.93. The zero-order chi connectivity index (χ0) is 11.1. The van der Waals surface area contributed by atoms with Crippen molar-refractivity contribution < 1.29 is 9.18 Å². The van der Waals surface area contributed by atoms with Gasteiger partial charge in [0.1, 0.15) is 0 Å². The lowest BCUT2D eigenvalue weighted by molar-refractivity contribution is 0.0879. The third-order valence-corrected chi connectivity index (χ3v) is 2.93. The molecule has 1 heterocycles. The van der Waals surface area contributed by atoms with E-state index in [1.54, 1.807) is 6.92 Å². The van der Waals surface area contributed by atoms with Gasteiger partial charge < -0.3 is 5.73 Å². The summed E-state index contributed by atoms with van der Waals surface area (Å²) in [5, 5.41) is 0. The Balaban J connectivity index is 2.31. The molecule has 2 N–H and O–H groups in total. The first-order valence-corrected chi connectivity index (χ1v) is 4.96. The van der Waals surface area contributed by atoms with Gasteiger partial charge in [-0.1, -0.05) is 0 Å². The predicted molar refractivity (Wildman–Crippen MR) is 53.8 cm³/mol. The van der Waals surface area contributed by atoms with E-state index in [0.29, 0.717) is 0 Å². The van der Waals surface area contributed by atoms with Gasteiger partial charge in [0.25, 0.3) is 0 Å². The average Bonchev–Trinajstić information content (AvgIpc) is 3.00. The van der Waals surface area contributed by atoms with Crippen LogP contribution in [0, 0.1) is 11.7 Å². The number of hydrogen-bond acceptors (Lipinski definition) is 3. The second-order valence-corrected chi connectivity index (χ2v) is 4.24. The fraction of sp³-hybridized carbons (Fsp3) is 0.455. The molecule has 1 aromatic heterocycles. The number of rotatable bonds is 3. The minimum Gasteiger partial charge on any atom is -0.319 e. The van der Waals surface area contributed by atoms with E-state index < -0.39 is 11.4 Å². The van der Waals surface area contributed by atoms with Crippen LogP contribution in [0.1, 0.15) is 30.1 Å². The molecule has 1 unspecified atom stereocenters. The number of carbonyl (C=O) groups is 1. The van der Waals surface area contributed by atoms with Gasteiger partial charge in [-0.25, -0.2) is 4.39 Å². The second-order valence-electron chi connectivity index (χ2n) is 4.24. The number of Topliss-reactive ketones (excluding diaryl/α,β-unsaturated/α-hetero) is 1. The molecule has 0 amide bonds. The van der Waals surface area contributed by atoms with Gasteiger partial charge in [0, 0.05) is 6.20 Å². The first-order chi connectivity index (χ1) is 7.03. The molecule has 1 saturated carbocycles. The second kappa shape index (κ2) is 3.38. The average molecular weight is 208 g/mol. The Kier molecular flexibility index (Phi) is 2.31. The first kappa shape index (κ1) is 10.2. The Morgan fingerprint density at radius 3 is 2.87 bits per heavy atom. The van der Waals surface area contributed by atoms with Crippen LogP contribution in [0.5, 0.6) is 0 Å². The van der Waals surface area contributed by atoms with Gasteiger partial charge >= 0.3 is 0 Å². The van der Waals surface area contributed by atoms with Gasteiger partial charge in [-0.15, -0.1) is 0 Å². The minimum absolute atomic E-state index is 0.0434.